The van der Waals surface area contributed by atoms with E-state index in [2.05, 4.69) is 9.47 Å². The van der Waals surface area contributed by atoms with Crippen LogP contribution in [0.4, 0.5) is 26.3 Å². The average Bonchev–Trinajstić information content (AvgIpc) is 3.21. The number of hydrogen-bond acceptors (Lipinski definition) is 4. The van der Waals surface area contributed by atoms with Crippen LogP contribution in [0.15, 0.2) is 171 Å². The molecule has 288 valence electrons. The Morgan fingerprint density at radius 3 is 1.05 bits per heavy atom. The molecule has 5 heterocycles. The largest absolute Gasteiger partial charge is 0.573 e. The Morgan fingerprint density at radius 1 is 0.397 bits per heavy atom. The maximum Gasteiger partial charge on any atom is 0.573 e. The molecule has 58 heavy (non-hydrogen) atoms. The van der Waals surface area contributed by atoms with E-state index in [1.165, 1.54) is 24.3 Å². The Kier molecular flexibility index (Phi) is 10.2. The Balaban J connectivity index is 0.985. The summed E-state index contributed by atoms with van der Waals surface area (Å²) in [5, 5.41) is 0. The molecule has 0 atom stereocenters. The number of rotatable bonds is 10. The summed E-state index contributed by atoms with van der Waals surface area (Å²) in [6.07, 6.45) is 4.90. The summed E-state index contributed by atoms with van der Waals surface area (Å²) >= 11 is 0. The van der Waals surface area contributed by atoms with Gasteiger partial charge in [0.1, 0.15) is 11.4 Å². The third-order valence-corrected chi connectivity index (χ3v) is 9.24. The lowest BCUT2D eigenvalue weighted by atomic mass is 10.1. The molecule has 5 aromatic heterocycles. The van der Waals surface area contributed by atoms with Crippen molar-refractivity contribution in [2.75, 3.05) is 0 Å². The standard InChI is InChI=1S/C44H32F6N6O2/c45-43(46,47)57-41-11-5-3-9-39(41)55-25-17-33(18-26-55)31-13-21-53(22-14-31)29-37-38(52-36-8-2-1-7-35(36)51-37)30-54-23-15-32(16-24-54)34-19-27-56(28-20-34)40-10-4-6-12-42(40)58-44(48,49)50/h1-28H,29-30H2/q+4. The Labute approximate surface area is 327 Å². The van der Waals surface area contributed by atoms with Crippen LogP contribution in [0.2, 0.25) is 0 Å². The lowest BCUT2D eigenvalue weighted by Crippen LogP contribution is -2.38. The minimum Gasteiger partial charge on any atom is -0.399 e. The number of para-hydroxylation sites is 6. The first kappa shape index (κ1) is 37.7. The Bertz CT molecular complexity index is 2500. The van der Waals surface area contributed by atoms with E-state index in [0.29, 0.717) is 13.1 Å². The fraction of sp³-hybridized carbons (Fsp3) is 0.0909. The number of fused-ring (bicyclic) bond motifs is 1. The molecule has 0 bridgehead atoms. The maximum absolute atomic E-state index is 13.0. The van der Waals surface area contributed by atoms with Crippen LogP contribution in [-0.2, 0) is 13.1 Å². The fourth-order valence-corrected chi connectivity index (χ4v) is 6.50. The molecule has 0 spiro atoms. The molecule has 8 rings (SSSR count). The highest BCUT2D eigenvalue weighted by Gasteiger charge is 2.34. The predicted octanol–water partition coefficient (Wildman–Crippen LogP) is 7.99. The highest BCUT2D eigenvalue weighted by molar-refractivity contribution is 5.74. The zero-order valence-corrected chi connectivity index (χ0v) is 30.3. The molecule has 0 aliphatic heterocycles. The molecule has 0 saturated carbocycles. The summed E-state index contributed by atoms with van der Waals surface area (Å²) in [5.41, 5.74) is 7.21. The molecule has 0 aliphatic carbocycles. The summed E-state index contributed by atoms with van der Waals surface area (Å²) in [6.45, 7) is 0.885. The SMILES string of the molecule is FC(F)(F)Oc1ccccc1-[n+]1ccc(-c2cc[n+](Cc3nc4ccccc4nc3C[n+]3ccc(-c4cc[n+](-c5ccccc5OC(F)(F)F)cc4)cc3)cc2)cc1. The number of ether oxygens (including phenoxy) is 2. The lowest BCUT2D eigenvalue weighted by molar-refractivity contribution is -0.694. The van der Waals surface area contributed by atoms with Gasteiger partial charge in [-0.2, -0.15) is 18.3 Å². The molecular weight excluding hydrogens is 759 g/mol. The zero-order valence-electron chi connectivity index (χ0n) is 30.3. The van der Waals surface area contributed by atoms with Crippen LogP contribution in [0.5, 0.6) is 11.5 Å². The van der Waals surface area contributed by atoms with E-state index >= 15 is 0 Å². The number of alkyl halides is 6. The molecule has 3 aromatic carbocycles. The van der Waals surface area contributed by atoms with Crippen LogP contribution in [0, 0.1) is 0 Å². The van der Waals surface area contributed by atoms with Gasteiger partial charge in [-0.15, -0.1) is 26.3 Å². The van der Waals surface area contributed by atoms with Gasteiger partial charge in [0.25, 0.3) is 11.4 Å². The molecule has 0 N–H and O–H groups in total. The van der Waals surface area contributed by atoms with E-state index in [-0.39, 0.29) is 22.9 Å². The molecule has 8 nitrogen and oxygen atoms in total. The predicted molar refractivity (Wildman–Crippen MR) is 198 cm³/mol. The summed E-state index contributed by atoms with van der Waals surface area (Å²) in [4.78, 5) is 9.97. The van der Waals surface area contributed by atoms with E-state index in [9.17, 15) is 26.3 Å². The van der Waals surface area contributed by atoms with E-state index in [1.54, 1.807) is 58.2 Å². The summed E-state index contributed by atoms with van der Waals surface area (Å²) in [6, 6.07) is 34.7. The zero-order chi connectivity index (χ0) is 40.3. The van der Waals surface area contributed by atoms with Crippen molar-refractivity contribution < 1.29 is 54.1 Å². The van der Waals surface area contributed by atoms with Gasteiger partial charge in [-0.3, -0.25) is 0 Å². The van der Waals surface area contributed by atoms with Crippen LogP contribution in [0.25, 0.3) is 44.7 Å². The van der Waals surface area contributed by atoms with E-state index < -0.39 is 12.7 Å². The highest BCUT2D eigenvalue weighted by Crippen LogP contribution is 2.28. The van der Waals surface area contributed by atoms with Crippen molar-refractivity contribution in [3.8, 4) is 45.1 Å². The maximum atomic E-state index is 13.0. The van der Waals surface area contributed by atoms with Crippen molar-refractivity contribution in [3.05, 3.63) is 182 Å². The average molecular weight is 791 g/mol. The van der Waals surface area contributed by atoms with E-state index in [0.717, 1.165) is 44.7 Å². The first-order valence-corrected chi connectivity index (χ1v) is 17.9. The number of benzene rings is 3. The molecule has 0 unspecified atom stereocenters. The van der Waals surface area contributed by atoms with Gasteiger partial charge in [0.2, 0.25) is 11.5 Å². The number of aromatic nitrogens is 6. The smallest absolute Gasteiger partial charge is 0.399 e. The summed E-state index contributed by atoms with van der Waals surface area (Å²) in [7, 11) is 0. The first-order chi connectivity index (χ1) is 27.9. The normalized spacial score (nSPS) is 11.8. The van der Waals surface area contributed by atoms with Crippen LogP contribution in [-0.4, -0.2) is 22.7 Å². The lowest BCUT2D eigenvalue weighted by Gasteiger charge is -2.10. The van der Waals surface area contributed by atoms with Crippen LogP contribution in [0.1, 0.15) is 11.4 Å². The number of hydrogen-bond donors (Lipinski definition) is 0. The number of halogens is 6. The van der Waals surface area contributed by atoms with Gasteiger partial charge < -0.3 is 9.47 Å². The van der Waals surface area contributed by atoms with Gasteiger partial charge in [-0.05, 0) is 46.5 Å². The molecule has 0 fully saturated rings. The third kappa shape index (κ3) is 8.91. The van der Waals surface area contributed by atoms with E-state index in [1.807, 2.05) is 107 Å². The van der Waals surface area contributed by atoms with Crippen LogP contribution in [0.3, 0.4) is 0 Å². The van der Waals surface area contributed by atoms with Crippen molar-refractivity contribution in [2.24, 2.45) is 0 Å². The molecule has 0 aliphatic rings. The third-order valence-electron chi connectivity index (χ3n) is 9.24. The molecule has 14 heteroatoms. The van der Waals surface area contributed by atoms with Crippen LogP contribution < -0.4 is 27.7 Å². The topological polar surface area (TPSA) is 59.8 Å². The number of pyridine rings is 4. The summed E-state index contributed by atoms with van der Waals surface area (Å²) in [5.74, 6) is -0.594. The van der Waals surface area contributed by atoms with Gasteiger partial charge in [0, 0.05) is 60.7 Å². The van der Waals surface area contributed by atoms with Crippen molar-refractivity contribution >= 4 is 11.0 Å². The highest BCUT2D eigenvalue weighted by atomic mass is 19.4. The Morgan fingerprint density at radius 2 is 0.707 bits per heavy atom. The molecule has 0 saturated heterocycles. The molecular formula is C44H32F6N6O2+4. The molecule has 0 amide bonds. The first-order valence-electron chi connectivity index (χ1n) is 17.9. The van der Waals surface area contributed by atoms with Crippen molar-refractivity contribution in [3.63, 3.8) is 0 Å². The number of nitrogens with zero attached hydrogens (tertiary/aromatic N) is 6. The minimum absolute atomic E-state index is 0.259. The van der Waals surface area contributed by atoms with Crippen LogP contribution >= 0.6 is 0 Å². The van der Waals surface area contributed by atoms with Crippen molar-refractivity contribution in [1.29, 1.82) is 0 Å². The van der Waals surface area contributed by atoms with Crippen molar-refractivity contribution in [2.45, 2.75) is 25.8 Å². The monoisotopic (exact) mass is 790 g/mol. The van der Waals surface area contributed by atoms with Crippen molar-refractivity contribution in [1.82, 2.24) is 9.97 Å². The fourth-order valence-electron chi connectivity index (χ4n) is 6.50. The van der Waals surface area contributed by atoms with Gasteiger partial charge in [-0.25, -0.2) is 9.97 Å². The molecule has 0 radical (unpaired) electrons. The second kappa shape index (κ2) is 15.7. The molecule has 8 aromatic rings. The van der Waals surface area contributed by atoms with Gasteiger partial charge in [-0.1, -0.05) is 36.4 Å². The second-order valence-electron chi connectivity index (χ2n) is 13.1. The minimum atomic E-state index is -4.81. The second-order valence-corrected chi connectivity index (χ2v) is 13.1. The van der Waals surface area contributed by atoms with Gasteiger partial charge in [0.05, 0.1) is 11.0 Å². The van der Waals surface area contributed by atoms with E-state index in [4.69, 9.17) is 9.97 Å². The van der Waals surface area contributed by atoms with Gasteiger partial charge in [0.15, 0.2) is 62.7 Å². The summed E-state index contributed by atoms with van der Waals surface area (Å²) < 4.78 is 93.4. The van der Waals surface area contributed by atoms with Gasteiger partial charge >= 0.3 is 12.7 Å². The quantitative estimate of drug-likeness (QED) is 0.104. The Hall–Kier alpha value is -7.22.